The molecule has 17 heavy (non-hydrogen) atoms. The number of nitrogens with zero attached hydrogens (tertiary/aromatic N) is 3. The van der Waals surface area contributed by atoms with Gasteiger partial charge in [0.05, 0.1) is 5.69 Å². The van der Waals surface area contributed by atoms with E-state index in [0.717, 1.165) is 5.82 Å². The van der Waals surface area contributed by atoms with Crippen molar-refractivity contribution < 1.29 is 0 Å². The van der Waals surface area contributed by atoms with E-state index in [4.69, 9.17) is 11.0 Å². The largest absolute Gasteiger partial charge is 0.396 e. The second-order valence-corrected chi connectivity index (χ2v) is 4.62. The molecule has 2 N–H and O–H groups in total. The normalized spacial score (nSPS) is 16.5. The summed E-state index contributed by atoms with van der Waals surface area (Å²) in [5.74, 6) is 0.850. The number of nitrogens with two attached hydrogens (primary N) is 1. The van der Waals surface area contributed by atoms with Crippen LogP contribution in [0.4, 0.5) is 11.5 Å². The summed E-state index contributed by atoms with van der Waals surface area (Å²) in [4.78, 5) is 6.49. The zero-order chi connectivity index (χ0) is 12.3. The zero-order valence-electron chi connectivity index (χ0n) is 10.2. The van der Waals surface area contributed by atoms with Crippen molar-refractivity contribution in [2.24, 2.45) is 0 Å². The molecule has 4 nitrogen and oxygen atoms in total. The Kier molecular flexibility index (Phi) is 3.48. The molecule has 0 atom stereocenters. The molecule has 0 aliphatic heterocycles. The van der Waals surface area contributed by atoms with Crippen LogP contribution in [0, 0.1) is 11.3 Å². The van der Waals surface area contributed by atoms with Gasteiger partial charge in [-0.3, -0.25) is 0 Å². The van der Waals surface area contributed by atoms with Crippen molar-refractivity contribution in [1.29, 1.82) is 5.26 Å². The predicted molar refractivity (Wildman–Crippen MR) is 68.6 cm³/mol. The molecule has 0 radical (unpaired) electrons. The van der Waals surface area contributed by atoms with Gasteiger partial charge < -0.3 is 10.6 Å². The molecule has 1 saturated carbocycles. The summed E-state index contributed by atoms with van der Waals surface area (Å²) in [7, 11) is 2.05. The molecule has 0 amide bonds. The summed E-state index contributed by atoms with van der Waals surface area (Å²) in [6, 6.07) is 6.24. The van der Waals surface area contributed by atoms with E-state index in [1.165, 1.54) is 32.1 Å². The second kappa shape index (κ2) is 5.05. The Morgan fingerprint density at radius 2 is 2.06 bits per heavy atom. The molecule has 4 heteroatoms. The molecule has 0 bridgehead atoms. The molecule has 2 rings (SSSR count). The molecule has 90 valence electrons. The van der Waals surface area contributed by atoms with Crippen LogP contribution in [0.25, 0.3) is 0 Å². The Bertz CT molecular complexity index is 430. The van der Waals surface area contributed by atoms with Gasteiger partial charge >= 0.3 is 0 Å². The lowest BCUT2D eigenvalue weighted by Gasteiger charge is -2.32. The maximum atomic E-state index is 8.92. The molecule has 1 aliphatic carbocycles. The van der Waals surface area contributed by atoms with E-state index in [-0.39, 0.29) is 0 Å². The number of hydrogen-bond acceptors (Lipinski definition) is 4. The molecule has 1 aliphatic rings. The summed E-state index contributed by atoms with van der Waals surface area (Å²) in [6.07, 6.45) is 6.34. The predicted octanol–water partition coefficient (Wildman–Crippen LogP) is 2.30. The Morgan fingerprint density at radius 3 is 2.71 bits per heavy atom. The summed E-state index contributed by atoms with van der Waals surface area (Å²) >= 11 is 0. The number of rotatable bonds is 2. The van der Waals surface area contributed by atoms with Crippen molar-refractivity contribution >= 4 is 11.5 Å². The van der Waals surface area contributed by atoms with E-state index in [1.54, 1.807) is 6.07 Å². The molecule has 1 heterocycles. The van der Waals surface area contributed by atoms with Gasteiger partial charge in [-0.2, -0.15) is 5.26 Å². The van der Waals surface area contributed by atoms with Crippen LogP contribution in [0.15, 0.2) is 12.1 Å². The topological polar surface area (TPSA) is 65.9 Å². The van der Waals surface area contributed by atoms with Crippen LogP contribution in [-0.4, -0.2) is 18.1 Å². The van der Waals surface area contributed by atoms with Gasteiger partial charge in [0.1, 0.15) is 11.9 Å². The Balaban J connectivity index is 2.18. The van der Waals surface area contributed by atoms with Crippen LogP contribution in [0.1, 0.15) is 37.8 Å². The fourth-order valence-electron chi connectivity index (χ4n) is 2.40. The summed E-state index contributed by atoms with van der Waals surface area (Å²) in [6.45, 7) is 0. The maximum Gasteiger partial charge on any atom is 0.165 e. The third kappa shape index (κ3) is 2.50. The summed E-state index contributed by atoms with van der Waals surface area (Å²) in [5.41, 5.74) is 6.45. The van der Waals surface area contributed by atoms with Gasteiger partial charge in [0, 0.05) is 13.1 Å². The van der Waals surface area contributed by atoms with E-state index in [2.05, 4.69) is 16.9 Å². The fraction of sp³-hybridized carbons (Fsp3) is 0.538. The monoisotopic (exact) mass is 230 g/mol. The maximum absolute atomic E-state index is 8.92. The number of nitriles is 1. The van der Waals surface area contributed by atoms with Crippen molar-refractivity contribution in [3.05, 3.63) is 17.8 Å². The number of hydrogen-bond donors (Lipinski definition) is 1. The lowest BCUT2D eigenvalue weighted by Crippen LogP contribution is -2.34. The quantitative estimate of drug-likeness (QED) is 0.846. The highest BCUT2D eigenvalue weighted by Gasteiger charge is 2.19. The van der Waals surface area contributed by atoms with E-state index < -0.39 is 0 Å². The first kappa shape index (κ1) is 11.7. The number of pyridine rings is 1. The third-order valence-electron chi connectivity index (χ3n) is 3.50. The van der Waals surface area contributed by atoms with Crippen LogP contribution in [0.2, 0.25) is 0 Å². The number of aromatic nitrogens is 1. The molecule has 1 fully saturated rings. The first-order chi connectivity index (χ1) is 8.22. The molecule has 1 aromatic rings. The first-order valence-electron chi connectivity index (χ1n) is 6.12. The lowest BCUT2D eigenvalue weighted by molar-refractivity contribution is 0.426. The van der Waals surface area contributed by atoms with E-state index in [1.807, 2.05) is 12.1 Å². The minimum atomic E-state index is 0.324. The standard InChI is InChI=1S/C13H18N4/c1-17(10-5-3-2-4-6-10)13-8-7-11(15)12(9-14)16-13/h7-8,10H,2-6,15H2,1H3. The minimum Gasteiger partial charge on any atom is -0.396 e. The third-order valence-corrected chi connectivity index (χ3v) is 3.50. The van der Waals surface area contributed by atoms with Gasteiger partial charge in [0.25, 0.3) is 0 Å². The summed E-state index contributed by atoms with van der Waals surface area (Å²) < 4.78 is 0. The van der Waals surface area contributed by atoms with Gasteiger partial charge in [0.2, 0.25) is 0 Å². The molecule has 0 spiro atoms. The Hall–Kier alpha value is -1.76. The zero-order valence-corrected chi connectivity index (χ0v) is 10.2. The Labute approximate surface area is 102 Å². The minimum absolute atomic E-state index is 0.324. The highest BCUT2D eigenvalue weighted by molar-refractivity contribution is 5.55. The van der Waals surface area contributed by atoms with Crippen molar-refractivity contribution in [1.82, 2.24) is 4.98 Å². The van der Waals surface area contributed by atoms with Gasteiger partial charge in [-0.25, -0.2) is 4.98 Å². The van der Waals surface area contributed by atoms with Crippen LogP contribution < -0.4 is 10.6 Å². The van der Waals surface area contributed by atoms with Gasteiger partial charge in [-0.15, -0.1) is 0 Å². The van der Waals surface area contributed by atoms with Gasteiger partial charge in [-0.05, 0) is 25.0 Å². The highest BCUT2D eigenvalue weighted by Crippen LogP contribution is 2.25. The van der Waals surface area contributed by atoms with Crippen molar-refractivity contribution in [2.45, 2.75) is 38.1 Å². The van der Waals surface area contributed by atoms with E-state index >= 15 is 0 Å². The fourth-order valence-corrected chi connectivity index (χ4v) is 2.40. The van der Waals surface area contributed by atoms with E-state index in [0.29, 0.717) is 17.4 Å². The first-order valence-corrected chi connectivity index (χ1v) is 6.12. The lowest BCUT2D eigenvalue weighted by atomic mass is 9.94. The number of nitrogen functional groups attached to an aromatic ring is 1. The van der Waals surface area contributed by atoms with Crippen molar-refractivity contribution in [2.75, 3.05) is 17.7 Å². The van der Waals surface area contributed by atoms with Gasteiger partial charge in [0.15, 0.2) is 5.69 Å². The molecular weight excluding hydrogens is 212 g/mol. The van der Waals surface area contributed by atoms with E-state index in [9.17, 15) is 0 Å². The van der Waals surface area contributed by atoms with Gasteiger partial charge in [-0.1, -0.05) is 19.3 Å². The molecule has 1 aromatic heterocycles. The molecule has 0 aromatic carbocycles. The molecular formula is C13H18N4. The summed E-state index contributed by atoms with van der Waals surface area (Å²) in [5, 5.41) is 8.92. The van der Waals surface area contributed by atoms with Crippen molar-refractivity contribution in [3.8, 4) is 6.07 Å². The second-order valence-electron chi connectivity index (χ2n) is 4.62. The highest BCUT2D eigenvalue weighted by atomic mass is 15.2. The average molecular weight is 230 g/mol. The van der Waals surface area contributed by atoms with Crippen molar-refractivity contribution in [3.63, 3.8) is 0 Å². The Morgan fingerprint density at radius 1 is 1.35 bits per heavy atom. The SMILES string of the molecule is CN(c1ccc(N)c(C#N)n1)C1CCCCC1. The average Bonchev–Trinajstić information content (AvgIpc) is 2.39. The van der Waals surface area contributed by atoms with Crippen LogP contribution in [0.5, 0.6) is 0 Å². The smallest absolute Gasteiger partial charge is 0.165 e. The number of anilines is 2. The van der Waals surface area contributed by atoms with Crippen LogP contribution >= 0.6 is 0 Å². The molecule has 0 unspecified atom stereocenters. The van der Waals surface area contributed by atoms with Crippen LogP contribution in [0.3, 0.4) is 0 Å². The molecule has 0 saturated heterocycles. The van der Waals surface area contributed by atoms with Crippen LogP contribution in [-0.2, 0) is 0 Å².